The van der Waals surface area contributed by atoms with E-state index in [9.17, 15) is 0 Å². The number of hydrogen-bond acceptors (Lipinski definition) is 5. The lowest BCUT2D eigenvalue weighted by atomic mass is 10.2. The van der Waals surface area contributed by atoms with Crippen LogP contribution in [0.4, 0.5) is 11.6 Å². The van der Waals surface area contributed by atoms with Crippen molar-refractivity contribution in [3.63, 3.8) is 0 Å². The maximum Gasteiger partial charge on any atom is 0.131 e. The molecule has 5 nitrogen and oxygen atoms in total. The zero-order chi connectivity index (χ0) is 13.5. The van der Waals surface area contributed by atoms with E-state index in [0.717, 1.165) is 30.5 Å². The highest BCUT2D eigenvalue weighted by Gasteiger charge is 2.04. The Bertz CT molecular complexity index is 364. The van der Waals surface area contributed by atoms with Crippen LogP contribution in [-0.2, 0) is 0 Å². The zero-order valence-electron chi connectivity index (χ0n) is 11.8. The minimum Gasteiger partial charge on any atom is -0.370 e. The van der Waals surface area contributed by atoms with Gasteiger partial charge in [0.1, 0.15) is 17.5 Å². The topological polar surface area (TPSA) is 75.9 Å². The van der Waals surface area contributed by atoms with Crippen molar-refractivity contribution in [3.05, 3.63) is 11.9 Å². The molecule has 102 valence electrons. The van der Waals surface area contributed by atoms with E-state index in [1.807, 2.05) is 13.0 Å². The van der Waals surface area contributed by atoms with E-state index < -0.39 is 0 Å². The van der Waals surface area contributed by atoms with Crippen LogP contribution in [0.25, 0.3) is 0 Å². The summed E-state index contributed by atoms with van der Waals surface area (Å²) in [6.45, 7) is 10.8. The Morgan fingerprint density at radius 2 is 1.67 bits per heavy atom. The lowest BCUT2D eigenvalue weighted by Gasteiger charge is -2.13. The Labute approximate surface area is 110 Å². The lowest BCUT2D eigenvalue weighted by Crippen LogP contribution is -2.20. The molecule has 0 aromatic carbocycles. The molecule has 0 aliphatic rings. The van der Waals surface area contributed by atoms with Crippen molar-refractivity contribution < 1.29 is 0 Å². The molecule has 0 aliphatic heterocycles. The summed E-state index contributed by atoms with van der Waals surface area (Å²) >= 11 is 0. The molecule has 1 unspecified atom stereocenters. The van der Waals surface area contributed by atoms with E-state index in [0.29, 0.717) is 18.4 Å². The molecule has 1 rings (SSSR count). The Hall–Kier alpha value is -1.36. The van der Waals surface area contributed by atoms with Crippen molar-refractivity contribution >= 4 is 11.6 Å². The first-order valence-electron chi connectivity index (χ1n) is 6.54. The Morgan fingerprint density at radius 1 is 1.11 bits per heavy atom. The van der Waals surface area contributed by atoms with Gasteiger partial charge in [-0.25, -0.2) is 9.97 Å². The number of rotatable bonds is 7. The van der Waals surface area contributed by atoms with Crippen LogP contribution in [0.2, 0.25) is 0 Å². The summed E-state index contributed by atoms with van der Waals surface area (Å²) in [5.41, 5.74) is 5.59. The van der Waals surface area contributed by atoms with Gasteiger partial charge in [-0.1, -0.05) is 20.8 Å². The minimum absolute atomic E-state index is 0.437. The third-order valence-electron chi connectivity index (χ3n) is 2.56. The van der Waals surface area contributed by atoms with Crippen LogP contribution >= 0.6 is 0 Å². The standard InChI is InChI=1S/C13H25N5/c1-9(2)7-15-12-5-13(18-11(4)17-12)16-8-10(3)6-14/h5,9-10H,6-8,14H2,1-4H3,(H2,15,16,17,18). The van der Waals surface area contributed by atoms with Gasteiger partial charge in [-0.3, -0.25) is 0 Å². The SMILES string of the molecule is Cc1nc(NCC(C)C)cc(NCC(C)CN)n1. The molecule has 1 heterocycles. The van der Waals surface area contributed by atoms with Crippen molar-refractivity contribution in [2.45, 2.75) is 27.7 Å². The molecule has 0 aliphatic carbocycles. The smallest absolute Gasteiger partial charge is 0.131 e. The van der Waals surface area contributed by atoms with E-state index >= 15 is 0 Å². The van der Waals surface area contributed by atoms with Crippen LogP contribution in [0, 0.1) is 18.8 Å². The normalized spacial score (nSPS) is 12.6. The van der Waals surface area contributed by atoms with Crippen molar-refractivity contribution in [2.75, 3.05) is 30.3 Å². The number of aryl methyl sites for hydroxylation is 1. The maximum atomic E-state index is 5.59. The quantitative estimate of drug-likeness (QED) is 0.689. The van der Waals surface area contributed by atoms with E-state index in [4.69, 9.17) is 5.73 Å². The maximum absolute atomic E-state index is 5.59. The molecule has 0 amide bonds. The Balaban J connectivity index is 2.62. The average Bonchev–Trinajstić information content (AvgIpc) is 2.33. The molecule has 5 heteroatoms. The van der Waals surface area contributed by atoms with E-state index in [1.165, 1.54) is 0 Å². The van der Waals surface area contributed by atoms with Crippen LogP contribution < -0.4 is 16.4 Å². The highest BCUT2D eigenvalue weighted by atomic mass is 15.1. The predicted octanol–water partition coefficient (Wildman–Crippen LogP) is 1.86. The fourth-order valence-corrected chi connectivity index (χ4v) is 1.42. The number of nitrogens with zero attached hydrogens (tertiary/aromatic N) is 2. The fraction of sp³-hybridized carbons (Fsp3) is 0.692. The molecule has 4 N–H and O–H groups in total. The van der Waals surface area contributed by atoms with Crippen LogP contribution in [0.3, 0.4) is 0 Å². The summed E-state index contributed by atoms with van der Waals surface area (Å²) in [5.74, 6) is 3.53. The first-order chi connectivity index (χ1) is 8.51. The van der Waals surface area contributed by atoms with Gasteiger partial charge < -0.3 is 16.4 Å². The number of hydrogen-bond donors (Lipinski definition) is 3. The third-order valence-corrected chi connectivity index (χ3v) is 2.56. The van der Waals surface area contributed by atoms with Gasteiger partial charge in [0, 0.05) is 19.2 Å². The van der Waals surface area contributed by atoms with Gasteiger partial charge in [0.2, 0.25) is 0 Å². The van der Waals surface area contributed by atoms with Gasteiger partial charge in [-0.05, 0) is 25.3 Å². The number of aromatic nitrogens is 2. The van der Waals surface area contributed by atoms with Crippen molar-refractivity contribution in [1.82, 2.24) is 9.97 Å². The van der Waals surface area contributed by atoms with Crippen molar-refractivity contribution in [2.24, 2.45) is 17.6 Å². The van der Waals surface area contributed by atoms with E-state index in [-0.39, 0.29) is 0 Å². The van der Waals surface area contributed by atoms with Gasteiger partial charge in [0.05, 0.1) is 0 Å². The number of nitrogens with one attached hydrogen (secondary N) is 2. The molecular weight excluding hydrogens is 226 g/mol. The first-order valence-corrected chi connectivity index (χ1v) is 6.54. The summed E-state index contributed by atoms with van der Waals surface area (Å²) in [5, 5.41) is 6.60. The van der Waals surface area contributed by atoms with Crippen molar-refractivity contribution in [3.8, 4) is 0 Å². The summed E-state index contributed by atoms with van der Waals surface area (Å²) in [4.78, 5) is 8.73. The lowest BCUT2D eigenvalue weighted by molar-refractivity contribution is 0.626. The highest BCUT2D eigenvalue weighted by Crippen LogP contribution is 2.12. The van der Waals surface area contributed by atoms with Crippen LogP contribution in [0.15, 0.2) is 6.07 Å². The highest BCUT2D eigenvalue weighted by molar-refractivity contribution is 5.47. The van der Waals surface area contributed by atoms with Crippen LogP contribution in [0.1, 0.15) is 26.6 Å². The third kappa shape index (κ3) is 5.31. The van der Waals surface area contributed by atoms with E-state index in [1.54, 1.807) is 0 Å². The van der Waals surface area contributed by atoms with Gasteiger partial charge in [-0.15, -0.1) is 0 Å². The molecule has 0 saturated heterocycles. The second kappa shape index (κ2) is 7.16. The predicted molar refractivity (Wildman–Crippen MR) is 76.8 cm³/mol. The Kier molecular flexibility index (Phi) is 5.85. The second-order valence-electron chi connectivity index (χ2n) is 5.18. The molecule has 1 aromatic rings. The minimum atomic E-state index is 0.437. The monoisotopic (exact) mass is 251 g/mol. The summed E-state index contributed by atoms with van der Waals surface area (Å²) in [6, 6.07) is 1.94. The molecule has 18 heavy (non-hydrogen) atoms. The molecule has 1 atom stereocenters. The van der Waals surface area contributed by atoms with Gasteiger partial charge in [0.25, 0.3) is 0 Å². The molecule has 0 spiro atoms. The molecule has 1 aromatic heterocycles. The number of nitrogens with two attached hydrogens (primary N) is 1. The van der Waals surface area contributed by atoms with Crippen molar-refractivity contribution in [1.29, 1.82) is 0 Å². The van der Waals surface area contributed by atoms with Gasteiger partial charge in [-0.2, -0.15) is 0 Å². The Morgan fingerprint density at radius 3 is 2.17 bits per heavy atom. The van der Waals surface area contributed by atoms with E-state index in [2.05, 4.69) is 41.4 Å². The molecule has 0 radical (unpaired) electrons. The van der Waals surface area contributed by atoms with Gasteiger partial charge >= 0.3 is 0 Å². The fourth-order valence-electron chi connectivity index (χ4n) is 1.42. The number of anilines is 2. The largest absolute Gasteiger partial charge is 0.370 e. The second-order valence-corrected chi connectivity index (χ2v) is 5.18. The summed E-state index contributed by atoms with van der Waals surface area (Å²) in [6.07, 6.45) is 0. The zero-order valence-corrected chi connectivity index (χ0v) is 11.8. The van der Waals surface area contributed by atoms with Gasteiger partial charge in [0.15, 0.2) is 0 Å². The summed E-state index contributed by atoms with van der Waals surface area (Å²) in [7, 11) is 0. The molecule has 0 bridgehead atoms. The molecule has 0 fully saturated rings. The van der Waals surface area contributed by atoms with Crippen LogP contribution in [0.5, 0.6) is 0 Å². The average molecular weight is 251 g/mol. The molecular formula is C13H25N5. The first kappa shape index (κ1) is 14.7. The molecule has 0 saturated carbocycles. The summed E-state index contributed by atoms with van der Waals surface area (Å²) < 4.78 is 0. The van der Waals surface area contributed by atoms with Crippen LogP contribution in [-0.4, -0.2) is 29.6 Å².